The van der Waals surface area contributed by atoms with E-state index in [2.05, 4.69) is 38.4 Å². The van der Waals surface area contributed by atoms with E-state index in [1.165, 1.54) is 0 Å². The van der Waals surface area contributed by atoms with Crippen LogP contribution in [0.4, 0.5) is 0 Å². The van der Waals surface area contributed by atoms with Gasteiger partial charge in [-0.1, -0.05) is 0 Å². The molecule has 0 amide bonds. The summed E-state index contributed by atoms with van der Waals surface area (Å²) in [7, 11) is 0. The summed E-state index contributed by atoms with van der Waals surface area (Å²) in [5.41, 5.74) is 7.75. The van der Waals surface area contributed by atoms with Crippen LogP contribution >= 0.6 is 27.3 Å². The summed E-state index contributed by atoms with van der Waals surface area (Å²) in [5.74, 6) is 5.63. The Labute approximate surface area is 119 Å². The summed E-state index contributed by atoms with van der Waals surface area (Å²) in [5, 5.41) is 6.49. The van der Waals surface area contributed by atoms with Crippen molar-refractivity contribution in [3.05, 3.63) is 32.4 Å². The van der Waals surface area contributed by atoms with E-state index >= 15 is 0 Å². The van der Waals surface area contributed by atoms with E-state index in [-0.39, 0.29) is 6.04 Å². The van der Waals surface area contributed by atoms with Crippen molar-refractivity contribution in [2.45, 2.75) is 32.9 Å². The molecule has 1 atom stereocenters. The summed E-state index contributed by atoms with van der Waals surface area (Å²) in [6.45, 7) is 4.92. The summed E-state index contributed by atoms with van der Waals surface area (Å²) in [6.07, 6.45) is 0.759. The molecule has 0 saturated carbocycles. The molecule has 0 bridgehead atoms. The number of rotatable bonds is 5. The van der Waals surface area contributed by atoms with Crippen LogP contribution < -0.4 is 11.3 Å². The molecule has 5 nitrogen and oxygen atoms in total. The molecule has 0 aliphatic rings. The molecule has 98 valence electrons. The highest BCUT2D eigenvalue weighted by molar-refractivity contribution is 9.10. The van der Waals surface area contributed by atoms with Crippen LogP contribution in [0.3, 0.4) is 0 Å². The van der Waals surface area contributed by atoms with Gasteiger partial charge in [-0.15, -0.1) is 11.3 Å². The molecule has 0 radical (unpaired) electrons. The molecular weight excluding hydrogens is 314 g/mol. The summed E-state index contributed by atoms with van der Waals surface area (Å²) < 4.78 is 3.05. The maximum atomic E-state index is 5.63. The Morgan fingerprint density at radius 2 is 2.39 bits per heavy atom. The number of hydrazine groups is 1. The Morgan fingerprint density at radius 3 is 2.94 bits per heavy atom. The molecule has 2 rings (SSSR count). The van der Waals surface area contributed by atoms with Gasteiger partial charge in [-0.25, -0.2) is 4.98 Å². The third-order valence-corrected chi connectivity index (χ3v) is 4.50. The molecule has 18 heavy (non-hydrogen) atoms. The molecule has 2 aromatic heterocycles. The number of aromatic nitrogens is 3. The Hall–Kier alpha value is -0.760. The van der Waals surface area contributed by atoms with Gasteiger partial charge in [0.1, 0.15) is 0 Å². The molecule has 0 aliphatic heterocycles. The molecule has 7 heteroatoms. The van der Waals surface area contributed by atoms with Crippen molar-refractivity contribution in [2.24, 2.45) is 5.84 Å². The molecule has 2 heterocycles. The third kappa shape index (κ3) is 2.64. The second kappa shape index (κ2) is 5.92. The smallest absolute Gasteiger partial charge is 0.0795 e. The Morgan fingerprint density at radius 1 is 1.61 bits per heavy atom. The lowest BCUT2D eigenvalue weighted by atomic mass is 10.1. The van der Waals surface area contributed by atoms with Crippen molar-refractivity contribution in [3.63, 3.8) is 0 Å². The zero-order valence-electron chi connectivity index (χ0n) is 10.4. The maximum absolute atomic E-state index is 5.63. The van der Waals surface area contributed by atoms with Gasteiger partial charge < -0.3 is 0 Å². The van der Waals surface area contributed by atoms with E-state index in [4.69, 9.17) is 5.84 Å². The number of nitrogens with zero attached hydrogens (tertiary/aromatic N) is 3. The Bertz CT molecular complexity index is 508. The molecule has 1 unspecified atom stereocenters. The van der Waals surface area contributed by atoms with Crippen molar-refractivity contribution in [3.8, 4) is 0 Å². The number of nitrogens with two attached hydrogens (primary N) is 1. The van der Waals surface area contributed by atoms with Gasteiger partial charge in [0.2, 0.25) is 0 Å². The van der Waals surface area contributed by atoms with Crippen LogP contribution in [0, 0.1) is 6.92 Å². The standard InChI is InChI=1S/C11H16BrN5S/c1-3-17-10(11(12)7(2)16-17)4-8(15-13)9-5-18-6-14-9/h5-6,8,15H,3-4,13H2,1-2H3. The van der Waals surface area contributed by atoms with Crippen molar-refractivity contribution in [2.75, 3.05) is 0 Å². The van der Waals surface area contributed by atoms with Gasteiger partial charge in [0.15, 0.2) is 0 Å². The van der Waals surface area contributed by atoms with Crippen LogP contribution in [-0.4, -0.2) is 14.8 Å². The number of nitrogens with one attached hydrogen (secondary N) is 1. The van der Waals surface area contributed by atoms with Crippen molar-refractivity contribution in [1.82, 2.24) is 20.2 Å². The second-order valence-electron chi connectivity index (χ2n) is 4.00. The van der Waals surface area contributed by atoms with Gasteiger partial charge in [0.05, 0.1) is 33.1 Å². The number of hydrogen-bond donors (Lipinski definition) is 2. The quantitative estimate of drug-likeness (QED) is 0.651. The molecule has 0 saturated heterocycles. The van der Waals surface area contributed by atoms with Gasteiger partial charge in [-0.05, 0) is 29.8 Å². The number of halogens is 1. The highest BCUT2D eigenvalue weighted by atomic mass is 79.9. The first-order chi connectivity index (χ1) is 8.67. The predicted octanol–water partition coefficient (Wildman–Crippen LogP) is 2.18. The fraction of sp³-hybridized carbons (Fsp3) is 0.455. The molecular formula is C11H16BrN5S. The average Bonchev–Trinajstić information content (AvgIpc) is 2.98. The van der Waals surface area contributed by atoms with Crippen LogP contribution in [0.5, 0.6) is 0 Å². The van der Waals surface area contributed by atoms with Gasteiger partial charge in [0.25, 0.3) is 0 Å². The lowest BCUT2D eigenvalue weighted by Gasteiger charge is -2.14. The van der Waals surface area contributed by atoms with E-state index in [9.17, 15) is 0 Å². The fourth-order valence-electron chi connectivity index (χ4n) is 1.90. The number of aryl methyl sites for hydroxylation is 2. The summed E-state index contributed by atoms with van der Waals surface area (Å²) >= 11 is 5.17. The molecule has 2 aromatic rings. The molecule has 0 aliphatic carbocycles. The van der Waals surface area contributed by atoms with Crippen molar-refractivity contribution >= 4 is 27.3 Å². The van der Waals surface area contributed by atoms with E-state index in [0.717, 1.165) is 34.5 Å². The highest BCUT2D eigenvalue weighted by Crippen LogP contribution is 2.26. The van der Waals surface area contributed by atoms with E-state index in [1.807, 2.05) is 22.5 Å². The molecule has 0 aromatic carbocycles. The minimum atomic E-state index is 0.00829. The van der Waals surface area contributed by atoms with Crippen molar-refractivity contribution < 1.29 is 0 Å². The van der Waals surface area contributed by atoms with Crippen LogP contribution in [0.15, 0.2) is 15.4 Å². The minimum Gasteiger partial charge on any atom is -0.271 e. The highest BCUT2D eigenvalue weighted by Gasteiger charge is 2.19. The first-order valence-corrected chi connectivity index (χ1v) is 7.47. The zero-order chi connectivity index (χ0) is 13.1. The second-order valence-corrected chi connectivity index (χ2v) is 5.51. The lowest BCUT2D eigenvalue weighted by Crippen LogP contribution is -2.30. The van der Waals surface area contributed by atoms with E-state index < -0.39 is 0 Å². The molecule has 0 fully saturated rings. The van der Waals surface area contributed by atoms with Crippen LogP contribution in [0.1, 0.15) is 30.0 Å². The third-order valence-electron chi connectivity index (χ3n) is 2.86. The Balaban J connectivity index is 2.27. The number of thiazole rings is 1. The van der Waals surface area contributed by atoms with Gasteiger partial charge in [-0.3, -0.25) is 16.0 Å². The minimum absolute atomic E-state index is 0.00829. The average molecular weight is 330 g/mol. The zero-order valence-corrected chi connectivity index (χ0v) is 12.8. The SMILES string of the molecule is CCn1nc(C)c(Br)c1CC(NN)c1cscn1. The number of hydrogen-bond acceptors (Lipinski definition) is 5. The van der Waals surface area contributed by atoms with Crippen LogP contribution in [0.2, 0.25) is 0 Å². The molecule has 0 spiro atoms. The van der Waals surface area contributed by atoms with Crippen molar-refractivity contribution in [1.29, 1.82) is 0 Å². The summed E-state index contributed by atoms with van der Waals surface area (Å²) in [4.78, 5) is 4.31. The topological polar surface area (TPSA) is 68.8 Å². The molecule has 3 N–H and O–H groups in total. The summed E-state index contributed by atoms with van der Waals surface area (Å²) in [6, 6.07) is 0.00829. The van der Waals surface area contributed by atoms with Crippen LogP contribution in [0.25, 0.3) is 0 Å². The van der Waals surface area contributed by atoms with Gasteiger partial charge in [0, 0.05) is 18.3 Å². The van der Waals surface area contributed by atoms with Crippen LogP contribution in [-0.2, 0) is 13.0 Å². The normalized spacial score (nSPS) is 12.9. The fourth-order valence-corrected chi connectivity index (χ4v) is 2.95. The lowest BCUT2D eigenvalue weighted by molar-refractivity contribution is 0.508. The maximum Gasteiger partial charge on any atom is 0.0795 e. The Kier molecular flexibility index (Phi) is 4.50. The first-order valence-electron chi connectivity index (χ1n) is 5.73. The van der Waals surface area contributed by atoms with Gasteiger partial charge >= 0.3 is 0 Å². The van der Waals surface area contributed by atoms with Gasteiger partial charge in [-0.2, -0.15) is 5.10 Å². The monoisotopic (exact) mass is 329 g/mol. The largest absolute Gasteiger partial charge is 0.271 e. The predicted molar refractivity (Wildman–Crippen MR) is 76.2 cm³/mol. The van der Waals surface area contributed by atoms with E-state index in [1.54, 1.807) is 11.3 Å². The van der Waals surface area contributed by atoms with E-state index in [0.29, 0.717) is 0 Å². The first kappa shape index (κ1) is 13.7.